The molecule has 4 fully saturated rings. The number of carbonyl (C=O) groups is 8. The molecule has 28 heteroatoms. The predicted octanol–water partition coefficient (Wildman–Crippen LogP) is 25.1. The first-order chi connectivity index (χ1) is 70.0. The van der Waals surface area contributed by atoms with E-state index in [1.807, 2.05) is 210 Å². The van der Waals surface area contributed by atoms with E-state index in [-0.39, 0.29) is 104 Å². The maximum absolute atomic E-state index is 13.8. The Morgan fingerprint density at radius 2 is 0.873 bits per heavy atom. The zero-order valence-electron chi connectivity index (χ0n) is 94.1. The van der Waals surface area contributed by atoms with Crippen LogP contribution in [0.2, 0.25) is 0 Å². The van der Waals surface area contributed by atoms with Crippen molar-refractivity contribution in [1.82, 2.24) is 40.9 Å². The highest BCUT2D eigenvalue weighted by atomic mass is 35.5. The number of ketones is 3. The molecule has 2 heterocycles. The molecule has 0 spiro atoms. The minimum absolute atomic E-state index is 0. The lowest BCUT2D eigenvalue weighted by Gasteiger charge is -2.36. The third kappa shape index (κ3) is 55.0. The molecule has 8 aromatic rings. The Bertz CT molecular complexity index is 5070. The van der Waals surface area contributed by atoms with Gasteiger partial charge in [-0.25, -0.2) is 19.6 Å². The highest BCUT2D eigenvalue weighted by molar-refractivity contribution is 5.87. The Morgan fingerprint density at radius 3 is 1.24 bits per heavy atom. The van der Waals surface area contributed by atoms with E-state index in [2.05, 4.69) is 161 Å². The molecule has 12 rings (SSSR count). The van der Waals surface area contributed by atoms with Gasteiger partial charge in [0.05, 0.1) is 43.0 Å². The van der Waals surface area contributed by atoms with Crippen LogP contribution in [0.3, 0.4) is 0 Å². The molecule has 1 saturated heterocycles. The molecule has 150 heavy (non-hydrogen) atoms. The third-order valence-corrected chi connectivity index (χ3v) is 27.7. The smallest absolute Gasteiger partial charge is 0.408 e. The minimum atomic E-state index is -1.09. The van der Waals surface area contributed by atoms with Crippen molar-refractivity contribution in [3.63, 3.8) is 0 Å². The van der Waals surface area contributed by atoms with Crippen LogP contribution >= 0.6 is 37.2 Å². The van der Waals surface area contributed by atoms with Crippen molar-refractivity contribution in [2.45, 2.75) is 314 Å². The Kier molecular flexibility index (Phi) is 67.9. The molecule has 0 radical (unpaired) electrons. The number of aromatic nitrogens is 3. The summed E-state index contributed by atoms with van der Waals surface area (Å²) >= 11 is 0. The van der Waals surface area contributed by atoms with E-state index in [1.54, 1.807) is 32.9 Å². The SMILES string of the molecule is C1CCOC1.CC(C)(C)OC(=O)N[C@@H](Cc1ccccc1)C(=O)O.CC(C)[C@@H]1CC[C@@H](C)C[C@H]1C(=O)CC[C@@H](N)c1ccccc1.CC(C)[C@@H]1CC[C@@H](C)C[C@H]1C(=O)CC[C@@H](NC(=O)[C@@H](CC(=O)OC(C)(C)C)Cc1ccccc1)c1ccccc1.CC(C)[C@@H]1CC[C@@H](C)C[C@H]1C(=O)CC[C@@H](NC(=O)[C@@H](N)Cc1ccccc1)c1ccccc1.CCN(CC)CC.CCN=C=NCCCN(C)C.Cl.Cl.Cl.On1nnc2ccccc21. The lowest BCUT2D eigenvalue weighted by molar-refractivity contribution is -0.157. The van der Waals surface area contributed by atoms with Crippen LogP contribution in [0.1, 0.15) is 305 Å². The van der Waals surface area contributed by atoms with E-state index in [4.69, 9.17) is 36.0 Å². The third-order valence-electron chi connectivity index (χ3n) is 27.7. The van der Waals surface area contributed by atoms with Gasteiger partial charge in [-0.1, -0.05) is 301 Å². The number of carboxylic acids is 1. The van der Waals surface area contributed by atoms with Crippen LogP contribution in [0.25, 0.3) is 11.0 Å². The fourth-order valence-electron chi connectivity index (χ4n) is 19.5. The van der Waals surface area contributed by atoms with E-state index < -0.39 is 41.3 Å². The summed E-state index contributed by atoms with van der Waals surface area (Å²) in [7, 11) is 4.12. The van der Waals surface area contributed by atoms with E-state index in [0.717, 1.165) is 116 Å². The molecule has 15 atom stereocenters. The van der Waals surface area contributed by atoms with Gasteiger partial charge in [-0.2, -0.15) is 0 Å². The summed E-state index contributed by atoms with van der Waals surface area (Å²) in [6, 6.07) is 66.2. The number of nitrogens with zero attached hydrogens (tertiary/aromatic N) is 7. The van der Waals surface area contributed by atoms with Gasteiger partial charge in [0, 0.05) is 69.2 Å². The van der Waals surface area contributed by atoms with Gasteiger partial charge in [0.2, 0.25) is 11.8 Å². The number of alkyl carbamates (subject to hydrolysis) is 1. The minimum Gasteiger partial charge on any atom is -0.480 e. The second-order valence-electron chi connectivity index (χ2n) is 43.5. The number of hydrogen-bond acceptors (Lipinski definition) is 20. The first kappa shape index (κ1) is 136. The number of nitrogens with two attached hydrogens (primary N) is 2. The average Bonchev–Trinajstić information content (AvgIpc) is 1.80. The van der Waals surface area contributed by atoms with Crippen molar-refractivity contribution in [3.8, 4) is 0 Å². The molecule has 0 unspecified atom stereocenters. The normalized spacial score (nSPS) is 18.7. The molecular weight excluding hydrogens is 1950 g/mol. The second kappa shape index (κ2) is 74.9. The van der Waals surface area contributed by atoms with Crippen LogP contribution in [0.4, 0.5) is 4.79 Å². The van der Waals surface area contributed by atoms with E-state index in [0.29, 0.717) is 127 Å². The summed E-state index contributed by atoms with van der Waals surface area (Å²) in [5.74, 6) is 4.10. The number of nitrogens with one attached hydrogen (secondary N) is 3. The Balaban J connectivity index is 0.000000620. The number of amides is 3. The number of aliphatic carboxylic acids is 1. The molecule has 0 bridgehead atoms. The van der Waals surface area contributed by atoms with Gasteiger partial charge in [0.25, 0.3) is 0 Å². The Hall–Kier alpha value is -10.1. The summed E-state index contributed by atoms with van der Waals surface area (Å²) in [5, 5.41) is 33.9. The Morgan fingerprint density at radius 1 is 0.493 bits per heavy atom. The lowest BCUT2D eigenvalue weighted by atomic mass is 9.68. The number of rotatable bonds is 40. The number of ether oxygens (including phenoxy) is 3. The number of para-hydroxylation sites is 1. The number of hydrogen-bond donors (Lipinski definition) is 7. The fourth-order valence-corrected chi connectivity index (χ4v) is 19.5. The first-order valence-electron chi connectivity index (χ1n) is 54.5. The van der Waals surface area contributed by atoms with Crippen LogP contribution < -0.4 is 27.4 Å². The number of carboxylic acid groups (broad SMARTS) is 1. The molecule has 3 amide bonds. The van der Waals surface area contributed by atoms with Crippen LogP contribution in [0.15, 0.2) is 216 Å². The largest absolute Gasteiger partial charge is 0.480 e. The van der Waals surface area contributed by atoms with Crippen molar-refractivity contribution in [1.29, 1.82) is 0 Å². The first-order valence-corrected chi connectivity index (χ1v) is 54.5. The molecule has 9 N–H and O–H groups in total. The number of halogens is 3. The Labute approximate surface area is 918 Å². The maximum Gasteiger partial charge on any atom is 0.408 e. The summed E-state index contributed by atoms with van der Waals surface area (Å²) in [4.78, 5) is 115. The molecule has 4 aliphatic rings. The van der Waals surface area contributed by atoms with Gasteiger partial charge >= 0.3 is 18.0 Å². The monoisotopic (exact) mass is 2130 g/mol. The summed E-state index contributed by atoms with van der Waals surface area (Å²) < 4.78 is 15.6. The van der Waals surface area contributed by atoms with Crippen molar-refractivity contribution in [3.05, 3.63) is 240 Å². The molecule has 1 aliphatic heterocycles. The van der Waals surface area contributed by atoms with Crippen molar-refractivity contribution < 1.29 is 62.9 Å². The van der Waals surface area contributed by atoms with E-state index in [1.165, 1.54) is 58.2 Å². The van der Waals surface area contributed by atoms with Gasteiger partial charge in [-0.3, -0.25) is 28.8 Å². The number of fused-ring (bicyclic) bond motifs is 1. The van der Waals surface area contributed by atoms with Gasteiger partial charge in [0.1, 0.15) is 45.6 Å². The lowest BCUT2D eigenvalue weighted by Crippen LogP contribution is -2.44. The zero-order valence-corrected chi connectivity index (χ0v) is 96.6. The molecule has 3 aliphatic carbocycles. The van der Waals surface area contributed by atoms with Gasteiger partial charge in [-0.15, -0.1) is 42.3 Å². The number of aliphatic imine (C=N–C) groups is 2. The van der Waals surface area contributed by atoms with Crippen LogP contribution in [-0.2, 0) is 67.0 Å². The highest BCUT2D eigenvalue weighted by Gasteiger charge is 2.40. The average molecular weight is 2140 g/mol. The molecule has 25 nitrogen and oxygen atoms in total. The second-order valence-corrected chi connectivity index (χ2v) is 43.5. The quantitative estimate of drug-likeness (QED) is 0.00812. The molecule has 834 valence electrons. The summed E-state index contributed by atoms with van der Waals surface area (Å²) in [5.41, 5.74) is 18.5. The van der Waals surface area contributed by atoms with Crippen molar-refractivity contribution >= 4 is 101 Å². The molecule has 3 saturated carbocycles. The summed E-state index contributed by atoms with van der Waals surface area (Å²) in [6.07, 6.45) is 17.6. The molecule has 1 aromatic heterocycles. The number of esters is 1. The maximum atomic E-state index is 13.8. The van der Waals surface area contributed by atoms with Crippen LogP contribution in [0.5, 0.6) is 0 Å². The number of benzene rings is 7. The topological polar surface area (TPSA) is 355 Å². The van der Waals surface area contributed by atoms with E-state index >= 15 is 0 Å². The number of carbonyl (C=O) groups excluding carboxylic acids is 7. The van der Waals surface area contributed by atoms with Gasteiger partial charge in [0.15, 0.2) is 0 Å². The van der Waals surface area contributed by atoms with Crippen molar-refractivity contribution in [2.75, 3.05) is 66.6 Å². The van der Waals surface area contributed by atoms with Gasteiger partial charge in [-0.05, 0) is 283 Å². The van der Waals surface area contributed by atoms with Crippen LogP contribution in [0, 0.1) is 76.9 Å². The molecule has 7 aromatic carbocycles. The highest BCUT2D eigenvalue weighted by Crippen LogP contribution is 2.43. The molecular formula is C122H187Cl3N12O13. The van der Waals surface area contributed by atoms with Crippen molar-refractivity contribution in [2.24, 2.45) is 98.4 Å². The fraction of sp³-hybridized carbons (Fsp3) is 0.582. The van der Waals surface area contributed by atoms with Gasteiger partial charge < -0.3 is 61.7 Å². The van der Waals surface area contributed by atoms with E-state index in [9.17, 15) is 38.4 Å². The van der Waals surface area contributed by atoms with Crippen LogP contribution in [-0.4, -0.2) is 178 Å². The zero-order chi connectivity index (χ0) is 108. The number of Topliss-reactive ketones (excluding diaryl/α,β-unsaturated/α-hetero) is 3. The standard InChI is InChI=1S/C35H49NO4.C29H40N2O2.C20H31NO.C14H19NO4.C8H17N3.C6H5N3O.C6H15N.C4H8O.3ClH/c1-24(2)29-18-17-25(3)21-30(29)32(37)20-19-31(27-15-11-8-12-16-27)36-34(39)28(22-26-13-9-7-10-14-26)23-33(38)40-35(4,5)6;1-20(2)24-15-14-21(3)18-25(24)28(32)17-16-27(23-12-8-5-9-13-23)31-29(33)26(30)19-22-10-6-4-7-11-22;1-14(2)17-10-9-15(3)13-18(17)20(22)12-11-19(21)16-7-5-4-6-8-16;1-14(2,3)19-13(18)15-11(12(16)17)9-10-7-5-4-6-8-10;1-4-9-8-10-6-5-7-11(2)3;10-9-6-4-2-1-3-5(6)7-8-9;1-4-7(5-2)6-3;1-2-4-5-3-1;;;/h7-16,24-25,28-31H,17-23H2,1-6H3,(H,36,39);4-13,20-21,24-27H,14-19,30H2,1-3H3,(H,31,33);4-8,14-15,17-19H,9-13,21H2,1-3H3;4-8,11H,9H2,1-3H3,(H,15,18)(H,16,17);4-7H2,1-3H3;1-4,10H;4-6H2,1-3H3;1-4H2;3*1H/t25-,28-,29+,30-,31-;21-,24+,25-,26+,27-;15-,17+,18-,19-;11-;;;;;;;/m1110......./s1. The summed E-state index contributed by atoms with van der Waals surface area (Å²) in [6.45, 7) is 47.7. The predicted molar refractivity (Wildman–Crippen MR) is 617 cm³/mol.